The molecule has 0 fully saturated rings. The molecule has 6 heteroatoms. The average Bonchev–Trinajstić information content (AvgIpc) is 2.64. The molecule has 0 bridgehead atoms. The second kappa shape index (κ2) is 8.48. The monoisotopic (exact) mass is 343 g/mol. The van der Waals surface area contributed by atoms with Crippen molar-refractivity contribution in [3.05, 3.63) is 63.1 Å². The largest absolute Gasteiger partial charge is 0.388 e. The van der Waals surface area contributed by atoms with Crippen molar-refractivity contribution < 1.29 is 9.53 Å². The van der Waals surface area contributed by atoms with Crippen molar-refractivity contribution in [2.45, 2.75) is 26.9 Å². The van der Waals surface area contributed by atoms with Gasteiger partial charge in [0.15, 0.2) is 5.43 Å². The van der Waals surface area contributed by atoms with Crippen LogP contribution in [0.15, 0.2) is 35.3 Å². The Kier molecular flexibility index (Phi) is 6.36. The third-order valence-electron chi connectivity index (χ3n) is 4.32. The molecule has 0 aliphatic heterocycles. The number of methoxy groups -OCH3 is 1. The van der Waals surface area contributed by atoms with Gasteiger partial charge in [0, 0.05) is 50.4 Å². The molecule has 0 atom stereocenters. The molecule has 2 aromatic rings. The van der Waals surface area contributed by atoms with E-state index >= 15 is 0 Å². The topological polar surface area (TPSA) is 72.4 Å². The predicted octanol–water partition coefficient (Wildman–Crippen LogP) is 2.08. The lowest BCUT2D eigenvalue weighted by Gasteiger charge is -2.15. The molecular formula is C19H25N3O3. The van der Waals surface area contributed by atoms with Crippen molar-refractivity contribution in [3.8, 4) is 0 Å². The number of amides is 1. The molecule has 6 nitrogen and oxygen atoms in total. The van der Waals surface area contributed by atoms with E-state index in [9.17, 15) is 9.59 Å². The van der Waals surface area contributed by atoms with Crippen LogP contribution in [0.1, 0.15) is 27.2 Å². The predicted molar refractivity (Wildman–Crippen MR) is 99.2 cm³/mol. The van der Waals surface area contributed by atoms with Gasteiger partial charge < -0.3 is 19.9 Å². The first-order valence-corrected chi connectivity index (χ1v) is 8.22. The minimum atomic E-state index is -0.364. The lowest BCUT2D eigenvalue weighted by atomic mass is 10.1. The van der Waals surface area contributed by atoms with Crippen LogP contribution in [0.3, 0.4) is 0 Å². The van der Waals surface area contributed by atoms with Gasteiger partial charge in [-0.25, -0.2) is 0 Å². The molecule has 0 saturated heterocycles. The van der Waals surface area contributed by atoms with Crippen LogP contribution in [0.2, 0.25) is 0 Å². The molecule has 2 N–H and O–H groups in total. The maximum absolute atomic E-state index is 12.5. The maximum Gasteiger partial charge on any atom is 0.257 e. The van der Waals surface area contributed by atoms with Crippen LogP contribution in [0, 0.1) is 13.8 Å². The van der Waals surface area contributed by atoms with Gasteiger partial charge in [-0.2, -0.15) is 0 Å². The zero-order chi connectivity index (χ0) is 18.4. The first-order valence-electron chi connectivity index (χ1n) is 8.22. The highest BCUT2D eigenvalue weighted by Crippen LogP contribution is 2.09. The number of anilines is 1. The molecular weight excluding hydrogens is 318 g/mol. The number of benzene rings is 1. The highest BCUT2D eigenvalue weighted by molar-refractivity contribution is 5.94. The lowest BCUT2D eigenvalue weighted by molar-refractivity contribution is 0.0948. The van der Waals surface area contributed by atoms with Gasteiger partial charge in [-0.05, 0) is 31.5 Å². The fourth-order valence-corrected chi connectivity index (χ4v) is 2.54. The molecule has 25 heavy (non-hydrogen) atoms. The Morgan fingerprint density at radius 3 is 2.48 bits per heavy atom. The van der Waals surface area contributed by atoms with Gasteiger partial charge in [-0.1, -0.05) is 12.1 Å². The summed E-state index contributed by atoms with van der Waals surface area (Å²) < 4.78 is 6.98. The second-order valence-electron chi connectivity index (χ2n) is 5.90. The van der Waals surface area contributed by atoms with Crippen LogP contribution in [-0.4, -0.2) is 31.2 Å². The summed E-state index contributed by atoms with van der Waals surface area (Å²) in [7, 11) is 3.47. The minimum absolute atomic E-state index is 0.158. The Morgan fingerprint density at radius 2 is 1.88 bits per heavy atom. The van der Waals surface area contributed by atoms with Gasteiger partial charge in [0.05, 0.1) is 6.61 Å². The van der Waals surface area contributed by atoms with Crippen molar-refractivity contribution in [1.29, 1.82) is 0 Å². The van der Waals surface area contributed by atoms with E-state index in [1.807, 2.05) is 42.8 Å². The molecule has 1 amide bonds. The van der Waals surface area contributed by atoms with Crippen LogP contribution < -0.4 is 16.1 Å². The molecule has 0 radical (unpaired) electrons. The Bertz CT molecular complexity index is 795. The van der Waals surface area contributed by atoms with E-state index in [0.717, 1.165) is 16.9 Å². The van der Waals surface area contributed by atoms with E-state index in [1.54, 1.807) is 20.2 Å². The first kappa shape index (κ1) is 18.7. The number of hydrogen-bond acceptors (Lipinski definition) is 4. The minimum Gasteiger partial charge on any atom is -0.388 e. The standard InChI is InChI=1S/C19H25N3O3/c1-13-14(2)22(9-10-25-4)12-17(18(13)23)19(24)21-11-15-5-7-16(20-3)8-6-15/h5-8,12,20H,9-11H2,1-4H3,(H,21,24). The van der Waals surface area contributed by atoms with Crippen molar-refractivity contribution in [2.24, 2.45) is 0 Å². The summed E-state index contributed by atoms with van der Waals surface area (Å²) in [6, 6.07) is 7.75. The number of aromatic nitrogens is 1. The quantitative estimate of drug-likeness (QED) is 0.807. The fraction of sp³-hybridized carbons (Fsp3) is 0.368. The van der Waals surface area contributed by atoms with Crippen LogP contribution >= 0.6 is 0 Å². The summed E-state index contributed by atoms with van der Waals surface area (Å²) in [6.07, 6.45) is 1.61. The summed E-state index contributed by atoms with van der Waals surface area (Å²) in [4.78, 5) is 24.9. The van der Waals surface area contributed by atoms with Gasteiger partial charge in [0.1, 0.15) is 5.56 Å². The zero-order valence-electron chi connectivity index (χ0n) is 15.2. The van der Waals surface area contributed by atoms with Gasteiger partial charge in [-0.3, -0.25) is 9.59 Å². The number of hydrogen-bond donors (Lipinski definition) is 2. The smallest absolute Gasteiger partial charge is 0.257 e. The molecule has 1 aromatic carbocycles. The number of ether oxygens (including phenoxy) is 1. The molecule has 1 heterocycles. The molecule has 0 saturated carbocycles. The zero-order valence-corrected chi connectivity index (χ0v) is 15.2. The summed E-state index contributed by atoms with van der Waals surface area (Å²) in [5.41, 5.74) is 3.34. The Labute approximate surface area is 147 Å². The first-order chi connectivity index (χ1) is 12.0. The molecule has 0 aliphatic rings. The molecule has 0 aliphatic carbocycles. The van der Waals surface area contributed by atoms with Crippen LogP contribution in [0.25, 0.3) is 0 Å². The van der Waals surface area contributed by atoms with Crippen molar-refractivity contribution in [3.63, 3.8) is 0 Å². The Balaban J connectivity index is 2.17. The van der Waals surface area contributed by atoms with Crippen molar-refractivity contribution >= 4 is 11.6 Å². The number of nitrogens with zero attached hydrogens (tertiary/aromatic N) is 1. The molecule has 2 rings (SSSR count). The van der Waals surface area contributed by atoms with Gasteiger partial charge in [0.25, 0.3) is 5.91 Å². The Hall–Kier alpha value is -2.60. The molecule has 0 spiro atoms. The second-order valence-corrected chi connectivity index (χ2v) is 5.90. The average molecular weight is 343 g/mol. The van der Waals surface area contributed by atoms with E-state index in [1.165, 1.54) is 0 Å². The SMILES string of the molecule is CNc1ccc(CNC(=O)c2cn(CCOC)c(C)c(C)c2=O)cc1. The number of nitrogens with one attached hydrogen (secondary N) is 2. The van der Waals surface area contributed by atoms with E-state index in [0.29, 0.717) is 25.3 Å². The molecule has 1 aromatic heterocycles. The Morgan fingerprint density at radius 1 is 1.20 bits per heavy atom. The van der Waals surface area contributed by atoms with E-state index in [2.05, 4.69) is 10.6 Å². The molecule has 0 unspecified atom stereocenters. The normalized spacial score (nSPS) is 10.6. The fourth-order valence-electron chi connectivity index (χ4n) is 2.54. The highest BCUT2D eigenvalue weighted by Gasteiger charge is 2.15. The summed E-state index contributed by atoms with van der Waals surface area (Å²) in [5, 5.41) is 5.86. The van der Waals surface area contributed by atoms with E-state index < -0.39 is 0 Å². The van der Waals surface area contributed by atoms with Crippen LogP contribution in [0.5, 0.6) is 0 Å². The molecule has 134 valence electrons. The number of rotatable bonds is 7. The lowest BCUT2D eigenvalue weighted by Crippen LogP contribution is -2.31. The third-order valence-corrected chi connectivity index (χ3v) is 4.32. The van der Waals surface area contributed by atoms with Gasteiger partial charge >= 0.3 is 0 Å². The van der Waals surface area contributed by atoms with Crippen LogP contribution in [0.4, 0.5) is 5.69 Å². The number of pyridine rings is 1. The van der Waals surface area contributed by atoms with Crippen LogP contribution in [-0.2, 0) is 17.8 Å². The summed E-state index contributed by atoms with van der Waals surface area (Å²) in [6.45, 7) is 5.09. The van der Waals surface area contributed by atoms with E-state index in [4.69, 9.17) is 4.74 Å². The van der Waals surface area contributed by atoms with E-state index in [-0.39, 0.29) is 16.9 Å². The van der Waals surface area contributed by atoms with Gasteiger partial charge in [0.2, 0.25) is 0 Å². The summed E-state index contributed by atoms with van der Waals surface area (Å²) >= 11 is 0. The third kappa shape index (κ3) is 4.48. The van der Waals surface area contributed by atoms with Crippen molar-refractivity contribution in [2.75, 3.05) is 26.1 Å². The van der Waals surface area contributed by atoms with Crippen molar-refractivity contribution in [1.82, 2.24) is 9.88 Å². The van der Waals surface area contributed by atoms with Gasteiger partial charge in [-0.15, -0.1) is 0 Å². The number of carbonyl (C=O) groups excluding carboxylic acids is 1. The highest BCUT2D eigenvalue weighted by atomic mass is 16.5. The number of carbonyl (C=O) groups is 1. The maximum atomic E-state index is 12.5. The summed E-state index contributed by atoms with van der Waals surface area (Å²) in [5.74, 6) is -0.364.